The minimum Gasteiger partial charge on any atom is -0.383 e. The molecule has 16 heteroatoms. The minimum absolute atomic E-state index is 0.222. The molecule has 0 bridgehead atoms. The van der Waals surface area contributed by atoms with E-state index in [0.717, 1.165) is 5.70 Å². The maximum Gasteiger partial charge on any atom is 0.333 e. The number of aromatic nitrogens is 4. The summed E-state index contributed by atoms with van der Waals surface area (Å²) < 4.78 is 58.3. The number of amidine groups is 1. The van der Waals surface area contributed by atoms with Gasteiger partial charge in [-0.25, -0.2) is 14.6 Å². The van der Waals surface area contributed by atoms with Crippen LogP contribution in [0.15, 0.2) is 46.1 Å². The molecule has 3 aromatic heterocycles. The average molecular weight is 625 g/mol. The summed E-state index contributed by atoms with van der Waals surface area (Å²) in [5, 5.41) is 20.4. The molecule has 3 aliphatic heterocycles. The lowest BCUT2D eigenvalue weighted by Gasteiger charge is -2.46. The third-order valence-corrected chi connectivity index (χ3v) is 12.0. The molecule has 0 saturated carbocycles. The molecule has 4 atom stereocenters. The van der Waals surface area contributed by atoms with Crippen LogP contribution in [-0.2, 0) is 15.8 Å². The van der Waals surface area contributed by atoms with E-state index in [1.807, 2.05) is 24.1 Å². The van der Waals surface area contributed by atoms with Crippen molar-refractivity contribution in [1.29, 1.82) is 0 Å². The summed E-state index contributed by atoms with van der Waals surface area (Å²) in [6.07, 6.45) is 5.38. The van der Waals surface area contributed by atoms with Gasteiger partial charge in [0.15, 0.2) is 10.8 Å². The second kappa shape index (κ2) is 10.6. The molecule has 0 spiro atoms. The summed E-state index contributed by atoms with van der Waals surface area (Å²) in [6.45, 7) is 1.40. The first-order valence-electron chi connectivity index (χ1n) is 13.2. The molecule has 11 nitrogen and oxygen atoms in total. The number of nitrogens with zero attached hydrogens (tertiary/aromatic N) is 8. The number of hydrogen-bond donors (Lipinski definition) is 1. The van der Waals surface area contributed by atoms with Crippen molar-refractivity contribution in [2.24, 2.45) is 4.99 Å². The Bertz CT molecular complexity index is 1560. The van der Waals surface area contributed by atoms with Crippen LogP contribution < -0.4 is 0 Å². The fourth-order valence-electron chi connectivity index (χ4n) is 6.24. The summed E-state index contributed by atoms with van der Waals surface area (Å²) >= 11 is 2.79. The van der Waals surface area contributed by atoms with Crippen molar-refractivity contribution in [3.05, 3.63) is 56.8 Å². The summed E-state index contributed by atoms with van der Waals surface area (Å²) in [4.78, 5) is 15.4. The van der Waals surface area contributed by atoms with Gasteiger partial charge in [0, 0.05) is 78.8 Å². The van der Waals surface area contributed by atoms with E-state index in [9.17, 15) is 22.3 Å². The smallest absolute Gasteiger partial charge is 0.333 e. The van der Waals surface area contributed by atoms with Crippen LogP contribution >= 0.6 is 22.7 Å². The Morgan fingerprint density at radius 3 is 2.46 bits per heavy atom. The third-order valence-electron chi connectivity index (χ3n) is 7.99. The topological polar surface area (TPSA) is 120 Å². The predicted octanol–water partition coefficient (Wildman–Crippen LogP) is 3.37. The van der Waals surface area contributed by atoms with Crippen LogP contribution in [0.5, 0.6) is 0 Å². The largest absolute Gasteiger partial charge is 0.383 e. The molecule has 1 N–H and O–H groups in total. The number of hydrogen-bond acceptors (Lipinski definition) is 10. The van der Waals surface area contributed by atoms with Crippen molar-refractivity contribution in [2.45, 2.75) is 63.4 Å². The second-order valence-corrected chi connectivity index (χ2v) is 14.3. The average Bonchev–Trinajstić information content (AvgIpc) is 3.74. The van der Waals surface area contributed by atoms with Gasteiger partial charge in [0.1, 0.15) is 10.6 Å². The van der Waals surface area contributed by atoms with Crippen LogP contribution in [0.1, 0.15) is 55.4 Å². The lowest BCUT2D eigenvalue weighted by atomic mass is 9.85. The van der Waals surface area contributed by atoms with Crippen LogP contribution in [0, 0.1) is 0 Å². The third kappa shape index (κ3) is 4.93. The molecule has 3 aromatic rings. The lowest BCUT2D eigenvalue weighted by Crippen LogP contribution is -2.59. The molecule has 3 aliphatic rings. The molecule has 0 aromatic carbocycles. The van der Waals surface area contributed by atoms with E-state index in [0.29, 0.717) is 44.8 Å². The van der Waals surface area contributed by atoms with E-state index in [2.05, 4.69) is 15.1 Å². The second-order valence-electron chi connectivity index (χ2n) is 10.7. The van der Waals surface area contributed by atoms with Crippen molar-refractivity contribution in [2.75, 3.05) is 20.1 Å². The van der Waals surface area contributed by atoms with Gasteiger partial charge in [-0.3, -0.25) is 4.99 Å². The Labute approximate surface area is 244 Å². The SMILES string of the molecule is CC1C[C@](O)(c2nccs2)C[C@H](C)N1S(=O)(=O)N(C)[C@H]1CC2=C(c3ccn(C(F)F)n3)CN=C(c3nccs3)N2C1. The highest BCUT2D eigenvalue weighted by Gasteiger charge is 2.50. The zero-order chi connectivity index (χ0) is 29.1. The van der Waals surface area contributed by atoms with Crippen molar-refractivity contribution < 1.29 is 22.3 Å². The van der Waals surface area contributed by atoms with Gasteiger partial charge < -0.3 is 10.0 Å². The van der Waals surface area contributed by atoms with E-state index in [4.69, 9.17) is 4.99 Å². The standard InChI is InChI=1S/C25H30F2N8O3S3/c1-15-11-25(36,23-29-6-9-40-23)12-16(2)35(15)41(37,38)32(3)17-10-20-18(19-4-7-34(31-19)24(26)27)13-30-21(33(20)14-17)22-28-5-8-39-22/h4-9,15-17,24,36H,10-14H2,1-3H3/t15-,16?,17-,25-/m0/s1. The number of thiazole rings is 2. The molecule has 1 unspecified atom stereocenters. The van der Waals surface area contributed by atoms with Gasteiger partial charge in [0.05, 0.1) is 12.2 Å². The Kier molecular flexibility index (Phi) is 7.35. The van der Waals surface area contributed by atoms with Gasteiger partial charge >= 0.3 is 6.55 Å². The molecule has 6 heterocycles. The van der Waals surface area contributed by atoms with Gasteiger partial charge in [-0.1, -0.05) is 0 Å². The van der Waals surface area contributed by atoms with Gasteiger partial charge in [-0.05, 0) is 32.8 Å². The van der Waals surface area contributed by atoms with Gasteiger partial charge in [-0.2, -0.15) is 30.9 Å². The number of fused-ring (bicyclic) bond motifs is 1. The highest BCUT2D eigenvalue weighted by Crippen LogP contribution is 2.42. The first kappa shape index (κ1) is 28.5. The van der Waals surface area contributed by atoms with E-state index >= 15 is 0 Å². The number of aliphatic imine (C=N–C) groups is 1. The molecular weight excluding hydrogens is 595 g/mol. The van der Waals surface area contributed by atoms with Crippen molar-refractivity contribution in [1.82, 2.24) is 33.3 Å². The monoisotopic (exact) mass is 624 g/mol. The Morgan fingerprint density at radius 2 is 1.85 bits per heavy atom. The normalized spacial score (nSPS) is 27.7. The molecule has 0 radical (unpaired) electrons. The van der Waals surface area contributed by atoms with E-state index < -0.39 is 40.5 Å². The Morgan fingerprint density at radius 1 is 1.15 bits per heavy atom. The van der Waals surface area contributed by atoms with E-state index in [-0.39, 0.29) is 19.4 Å². The zero-order valence-electron chi connectivity index (χ0n) is 22.6. The van der Waals surface area contributed by atoms with Crippen molar-refractivity contribution in [3.63, 3.8) is 0 Å². The minimum atomic E-state index is -3.95. The number of aliphatic hydroxyl groups is 1. The van der Waals surface area contributed by atoms with Crippen LogP contribution in [0.25, 0.3) is 5.57 Å². The number of alkyl halides is 2. The van der Waals surface area contributed by atoms with Crippen LogP contribution in [0.2, 0.25) is 0 Å². The predicted molar refractivity (Wildman–Crippen MR) is 152 cm³/mol. The van der Waals surface area contributed by atoms with Gasteiger partial charge in [0.2, 0.25) is 0 Å². The quantitative estimate of drug-likeness (QED) is 0.428. The number of halogens is 2. The number of piperidine rings is 1. The molecule has 0 amide bonds. The lowest BCUT2D eigenvalue weighted by molar-refractivity contribution is -0.0471. The molecule has 220 valence electrons. The molecule has 41 heavy (non-hydrogen) atoms. The molecule has 6 rings (SSSR count). The molecule has 0 aliphatic carbocycles. The van der Waals surface area contributed by atoms with Crippen LogP contribution in [0.4, 0.5) is 8.78 Å². The fraction of sp³-hybridized carbons (Fsp3) is 0.520. The van der Waals surface area contributed by atoms with Crippen LogP contribution in [-0.4, -0.2) is 90.9 Å². The Balaban J connectivity index is 1.29. The van der Waals surface area contributed by atoms with Crippen molar-refractivity contribution >= 4 is 44.3 Å². The van der Waals surface area contributed by atoms with Gasteiger partial charge in [0.25, 0.3) is 10.2 Å². The Hall–Kier alpha value is -2.63. The summed E-state index contributed by atoms with van der Waals surface area (Å²) in [5.41, 5.74) is 0.686. The summed E-state index contributed by atoms with van der Waals surface area (Å²) in [5.74, 6) is 0.633. The fourth-order valence-corrected chi connectivity index (χ4v) is 9.53. The molecular formula is C25H30F2N8O3S3. The molecule has 2 fully saturated rings. The highest BCUT2D eigenvalue weighted by atomic mass is 32.2. The first-order chi connectivity index (χ1) is 19.5. The number of rotatable bonds is 7. The highest BCUT2D eigenvalue weighted by molar-refractivity contribution is 7.86. The summed E-state index contributed by atoms with van der Waals surface area (Å²) in [7, 11) is -2.37. The first-order valence-corrected chi connectivity index (χ1v) is 16.3. The maximum atomic E-state index is 14.1. The zero-order valence-corrected chi connectivity index (χ0v) is 25.1. The van der Waals surface area contributed by atoms with Gasteiger partial charge in [-0.15, -0.1) is 22.7 Å². The summed E-state index contributed by atoms with van der Waals surface area (Å²) in [6, 6.07) is 0.143. The van der Waals surface area contributed by atoms with E-state index in [1.165, 1.54) is 43.5 Å². The number of likely N-dealkylation sites (N-methyl/N-ethyl adjacent to an activating group) is 1. The van der Waals surface area contributed by atoms with E-state index in [1.54, 1.807) is 24.8 Å². The maximum absolute atomic E-state index is 14.1. The van der Waals surface area contributed by atoms with Crippen LogP contribution in [0.3, 0.4) is 0 Å². The van der Waals surface area contributed by atoms with Crippen molar-refractivity contribution in [3.8, 4) is 0 Å². The molecule has 2 saturated heterocycles.